The summed E-state index contributed by atoms with van der Waals surface area (Å²) in [5.41, 5.74) is 4.71. The van der Waals surface area contributed by atoms with Gasteiger partial charge in [0.15, 0.2) is 0 Å². The van der Waals surface area contributed by atoms with E-state index in [1.54, 1.807) is 7.11 Å². The first kappa shape index (κ1) is 6.55. The van der Waals surface area contributed by atoms with Crippen LogP contribution in [0.3, 0.4) is 0 Å². The second-order valence-electron chi connectivity index (χ2n) is 2.71. The van der Waals surface area contributed by atoms with Crippen LogP contribution in [0.4, 0.5) is 0 Å². The molecule has 0 aromatic carbocycles. The Bertz CT molecular complexity index is 146. The van der Waals surface area contributed by atoms with E-state index in [1.165, 1.54) is 0 Å². The third kappa shape index (κ3) is 0.812. The standard InChI is InChI=1S/C6H11NO2/c1-6(5(7)8)3-4(6)9-2/h4H,3H2,1-2H3,(H2,7,8). The summed E-state index contributed by atoms with van der Waals surface area (Å²) < 4.78 is 4.94. The van der Waals surface area contributed by atoms with E-state index in [-0.39, 0.29) is 17.4 Å². The second-order valence-corrected chi connectivity index (χ2v) is 2.71. The molecule has 0 aromatic heterocycles. The van der Waals surface area contributed by atoms with Gasteiger partial charge in [0.05, 0.1) is 11.5 Å². The first-order valence-corrected chi connectivity index (χ1v) is 2.94. The molecule has 1 aliphatic carbocycles. The largest absolute Gasteiger partial charge is 0.380 e. The molecule has 0 spiro atoms. The van der Waals surface area contributed by atoms with Crippen LogP contribution in [0.15, 0.2) is 0 Å². The van der Waals surface area contributed by atoms with Crippen molar-refractivity contribution >= 4 is 5.91 Å². The van der Waals surface area contributed by atoms with Gasteiger partial charge in [-0.1, -0.05) is 0 Å². The smallest absolute Gasteiger partial charge is 0.226 e. The lowest BCUT2D eigenvalue weighted by Gasteiger charge is -2.02. The van der Waals surface area contributed by atoms with Crippen molar-refractivity contribution in [3.05, 3.63) is 0 Å². The van der Waals surface area contributed by atoms with E-state index in [0.717, 1.165) is 6.42 Å². The molecular weight excluding hydrogens is 118 g/mol. The van der Waals surface area contributed by atoms with Gasteiger partial charge in [0.1, 0.15) is 0 Å². The van der Waals surface area contributed by atoms with E-state index in [2.05, 4.69) is 0 Å². The highest BCUT2D eigenvalue weighted by Gasteiger charge is 2.55. The van der Waals surface area contributed by atoms with Gasteiger partial charge in [-0.15, -0.1) is 0 Å². The summed E-state index contributed by atoms with van der Waals surface area (Å²) in [6.07, 6.45) is 0.841. The molecule has 52 valence electrons. The summed E-state index contributed by atoms with van der Waals surface area (Å²) in [5, 5.41) is 0. The molecule has 9 heavy (non-hydrogen) atoms. The SMILES string of the molecule is COC1CC1(C)C(N)=O. The first-order valence-electron chi connectivity index (χ1n) is 2.94. The molecule has 1 fully saturated rings. The highest BCUT2D eigenvalue weighted by Crippen LogP contribution is 2.46. The van der Waals surface area contributed by atoms with Gasteiger partial charge in [0.2, 0.25) is 5.91 Å². The molecule has 2 unspecified atom stereocenters. The van der Waals surface area contributed by atoms with E-state index >= 15 is 0 Å². The number of carbonyl (C=O) groups is 1. The molecule has 3 heteroatoms. The van der Waals surface area contributed by atoms with Crippen LogP contribution in [-0.2, 0) is 9.53 Å². The summed E-state index contributed by atoms with van der Waals surface area (Å²) in [6, 6.07) is 0. The molecular formula is C6H11NO2. The maximum absolute atomic E-state index is 10.6. The Morgan fingerprint density at radius 3 is 2.56 bits per heavy atom. The third-order valence-electron chi connectivity index (χ3n) is 2.01. The topological polar surface area (TPSA) is 52.3 Å². The molecule has 1 amide bonds. The Labute approximate surface area is 54.2 Å². The fourth-order valence-corrected chi connectivity index (χ4v) is 0.929. The number of hydrogen-bond acceptors (Lipinski definition) is 2. The van der Waals surface area contributed by atoms with E-state index in [9.17, 15) is 4.79 Å². The molecule has 0 bridgehead atoms. The van der Waals surface area contributed by atoms with Gasteiger partial charge >= 0.3 is 0 Å². The molecule has 0 radical (unpaired) electrons. The Morgan fingerprint density at radius 1 is 1.89 bits per heavy atom. The molecule has 2 atom stereocenters. The molecule has 1 aliphatic rings. The monoisotopic (exact) mass is 129 g/mol. The lowest BCUT2D eigenvalue weighted by Crippen LogP contribution is -2.25. The number of carbonyl (C=O) groups excluding carboxylic acids is 1. The minimum absolute atomic E-state index is 0.0648. The van der Waals surface area contributed by atoms with Crippen molar-refractivity contribution in [2.75, 3.05) is 7.11 Å². The van der Waals surface area contributed by atoms with Gasteiger partial charge in [-0.05, 0) is 13.3 Å². The molecule has 0 aliphatic heterocycles. The summed E-state index contributed by atoms with van der Waals surface area (Å²) in [6.45, 7) is 1.82. The zero-order chi connectivity index (χ0) is 7.07. The van der Waals surface area contributed by atoms with Crippen LogP contribution >= 0.6 is 0 Å². The lowest BCUT2D eigenvalue weighted by atomic mass is 10.1. The number of methoxy groups -OCH3 is 1. The van der Waals surface area contributed by atoms with Crippen LogP contribution < -0.4 is 5.73 Å². The zero-order valence-electron chi connectivity index (χ0n) is 5.68. The van der Waals surface area contributed by atoms with Crippen molar-refractivity contribution in [1.82, 2.24) is 0 Å². The van der Waals surface area contributed by atoms with Crippen molar-refractivity contribution < 1.29 is 9.53 Å². The Morgan fingerprint density at radius 2 is 2.44 bits per heavy atom. The average Bonchev–Trinajstić information content (AvgIpc) is 2.44. The predicted molar refractivity (Wildman–Crippen MR) is 32.7 cm³/mol. The first-order chi connectivity index (χ1) is 4.11. The number of rotatable bonds is 2. The van der Waals surface area contributed by atoms with Crippen LogP contribution in [-0.4, -0.2) is 19.1 Å². The highest BCUT2D eigenvalue weighted by molar-refractivity contribution is 5.84. The van der Waals surface area contributed by atoms with Gasteiger partial charge in [0, 0.05) is 7.11 Å². The number of amides is 1. The molecule has 0 saturated heterocycles. The van der Waals surface area contributed by atoms with Crippen molar-refractivity contribution in [2.24, 2.45) is 11.1 Å². The molecule has 0 heterocycles. The van der Waals surface area contributed by atoms with Crippen LogP contribution in [0.1, 0.15) is 13.3 Å². The summed E-state index contributed by atoms with van der Waals surface area (Å²) in [7, 11) is 1.60. The quantitative estimate of drug-likeness (QED) is 0.566. The molecule has 1 saturated carbocycles. The van der Waals surface area contributed by atoms with Crippen LogP contribution in [0.5, 0.6) is 0 Å². The predicted octanol–water partition coefficient (Wildman–Crippen LogP) is -0.103. The minimum Gasteiger partial charge on any atom is -0.380 e. The molecule has 1 rings (SSSR count). The Hall–Kier alpha value is -0.570. The summed E-state index contributed by atoms with van der Waals surface area (Å²) in [4.78, 5) is 10.6. The molecule has 2 N–H and O–H groups in total. The van der Waals surface area contributed by atoms with Gasteiger partial charge in [0.25, 0.3) is 0 Å². The highest BCUT2D eigenvalue weighted by atomic mass is 16.5. The third-order valence-corrected chi connectivity index (χ3v) is 2.01. The van der Waals surface area contributed by atoms with Gasteiger partial charge in [-0.25, -0.2) is 0 Å². The Balaban J connectivity index is 2.52. The van der Waals surface area contributed by atoms with E-state index in [4.69, 9.17) is 10.5 Å². The van der Waals surface area contributed by atoms with E-state index in [1.807, 2.05) is 6.92 Å². The second kappa shape index (κ2) is 1.70. The van der Waals surface area contributed by atoms with Crippen LogP contribution in [0.2, 0.25) is 0 Å². The minimum atomic E-state index is -0.366. The summed E-state index contributed by atoms with van der Waals surface area (Å²) >= 11 is 0. The van der Waals surface area contributed by atoms with Crippen molar-refractivity contribution in [3.63, 3.8) is 0 Å². The van der Waals surface area contributed by atoms with Gasteiger partial charge in [-0.3, -0.25) is 4.79 Å². The maximum Gasteiger partial charge on any atom is 0.226 e. The lowest BCUT2D eigenvalue weighted by molar-refractivity contribution is -0.123. The molecule has 3 nitrogen and oxygen atoms in total. The number of nitrogens with two attached hydrogens (primary N) is 1. The van der Waals surface area contributed by atoms with Crippen LogP contribution in [0, 0.1) is 5.41 Å². The zero-order valence-corrected chi connectivity index (χ0v) is 5.68. The van der Waals surface area contributed by atoms with Crippen molar-refractivity contribution in [3.8, 4) is 0 Å². The van der Waals surface area contributed by atoms with E-state index < -0.39 is 0 Å². The van der Waals surface area contributed by atoms with E-state index in [0.29, 0.717) is 0 Å². The maximum atomic E-state index is 10.6. The fraction of sp³-hybridized carbons (Fsp3) is 0.833. The molecule has 0 aromatic rings. The van der Waals surface area contributed by atoms with Gasteiger partial charge < -0.3 is 10.5 Å². The number of primary amides is 1. The average molecular weight is 129 g/mol. The fourth-order valence-electron chi connectivity index (χ4n) is 0.929. The van der Waals surface area contributed by atoms with Crippen molar-refractivity contribution in [1.29, 1.82) is 0 Å². The van der Waals surface area contributed by atoms with Crippen LogP contribution in [0.25, 0.3) is 0 Å². The normalized spacial score (nSPS) is 40.4. The number of hydrogen-bond donors (Lipinski definition) is 1. The van der Waals surface area contributed by atoms with Gasteiger partial charge in [-0.2, -0.15) is 0 Å². The van der Waals surface area contributed by atoms with Crippen molar-refractivity contribution in [2.45, 2.75) is 19.4 Å². The Kier molecular flexibility index (Phi) is 1.24. The summed E-state index contributed by atoms with van der Waals surface area (Å²) in [5.74, 6) is -0.255. The number of ether oxygens (including phenoxy) is 1.